The highest BCUT2D eigenvalue weighted by Crippen LogP contribution is 2.38. The standard InChI is InChI=1S/C11H21ClO5/c1-4-8(14)10(5-2,17-6-3)11(12,16)9(15)7-13/h9,13,15-16H,4-7H2,1-3H3/t9?,10-,11+/m0/s1. The van der Waals surface area contributed by atoms with Crippen LogP contribution in [0.4, 0.5) is 0 Å². The number of ether oxygens (including phenoxy) is 1. The molecule has 0 aromatic heterocycles. The maximum Gasteiger partial charge on any atom is 0.203 e. The zero-order chi connectivity index (χ0) is 13.7. The van der Waals surface area contributed by atoms with Crippen molar-refractivity contribution in [3.05, 3.63) is 0 Å². The average Bonchev–Trinajstić information content (AvgIpc) is 2.33. The van der Waals surface area contributed by atoms with Crippen LogP contribution in [-0.2, 0) is 9.53 Å². The molecule has 0 saturated carbocycles. The van der Waals surface area contributed by atoms with Gasteiger partial charge in [-0.2, -0.15) is 0 Å². The van der Waals surface area contributed by atoms with Crippen LogP contribution in [0, 0.1) is 0 Å². The molecule has 0 spiro atoms. The van der Waals surface area contributed by atoms with Gasteiger partial charge >= 0.3 is 0 Å². The van der Waals surface area contributed by atoms with Gasteiger partial charge in [0.25, 0.3) is 0 Å². The van der Waals surface area contributed by atoms with Crippen molar-refractivity contribution in [1.82, 2.24) is 0 Å². The van der Waals surface area contributed by atoms with E-state index in [4.69, 9.17) is 21.4 Å². The number of carbonyl (C=O) groups excluding carboxylic acids is 1. The highest BCUT2D eigenvalue weighted by Gasteiger charge is 2.57. The normalized spacial score (nSPS) is 20.4. The highest BCUT2D eigenvalue weighted by atomic mass is 35.5. The summed E-state index contributed by atoms with van der Waals surface area (Å²) in [6, 6.07) is 0. The van der Waals surface area contributed by atoms with E-state index in [9.17, 15) is 15.0 Å². The lowest BCUT2D eigenvalue weighted by molar-refractivity contribution is -0.194. The Morgan fingerprint density at radius 1 is 1.41 bits per heavy atom. The van der Waals surface area contributed by atoms with Crippen molar-refractivity contribution in [2.24, 2.45) is 0 Å². The van der Waals surface area contributed by atoms with Crippen molar-refractivity contribution in [3.8, 4) is 0 Å². The van der Waals surface area contributed by atoms with E-state index in [2.05, 4.69) is 0 Å². The summed E-state index contributed by atoms with van der Waals surface area (Å²) < 4.78 is 5.32. The van der Waals surface area contributed by atoms with Gasteiger partial charge in [0.2, 0.25) is 5.06 Å². The molecule has 0 saturated heterocycles. The van der Waals surface area contributed by atoms with Crippen molar-refractivity contribution in [3.63, 3.8) is 0 Å². The second kappa shape index (κ2) is 6.66. The molecule has 0 rings (SSSR count). The van der Waals surface area contributed by atoms with Gasteiger partial charge in [-0.3, -0.25) is 4.79 Å². The lowest BCUT2D eigenvalue weighted by Crippen LogP contribution is -2.63. The molecule has 0 aliphatic carbocycles. The van der Waals surface area contributed by atoms with Crippen molar-refractivity contribution < 1.29 is 24.9 Å². The Labute approximate surface area is 106 Å². The smallest absolute Gasteiger partial charge is 0.203 e. The first-order valence-electron chi connectivity index (χ1n) is 5.71. The van der Waals surface area contributed by atoms with E-state index in [0.717, 1.165) is 0 Å². The molecule has 0 aliphatic rings. The second-order valence-electron chi connectivity index (χ2n) is 3.76. The average molecular weight is 269 g/mol. The van der Waals surface area contributed by atoms with Gasteiger partial charge in [-0.05, 0) is 13.3 Å². The van der Waals surface area contributed by atoms with Crippen molar-refractivity contribution in [1.29, 1.82) is 0 Å². The molecule has 1 unspecified atom stereocenters. The minimum Gasteiger partial charge on any atom is -0.394 e. The van der Waals surface area contributed by atoms with Crippen LogP contribution in [0.5, 0.6) is 0 Å². The Balaban J connectivity index is 5.49. The second-order valence-corrected chi connectivity index (χ2v) is 4.34. The molecule has 3 N–H and O–H groups in total. The van der Waals surface area contributed by atoms with Gasteiger partial charge in [-0.15, -0.1) is 0 Å². The van der Waals surface area contributed by atoms with E-state index < -0.39 is 29.2 Å². The fourth-order valence-electron chi connectivity index (χ4n) is 1.85. The minimum absolute atomic E-state index is 0.102. The number of ketones is 1. The molecule has 17 heavy (non-hydrogen) atoms. The van der Waals surface area contributed by atoms with Gasteiger partial charge in [0.15, 0.2) is 11.4 Å². The quantitative estimate of drug-likeness (QED) is 0.556. The lowest BCUT2D eigenvalue weighted by Gasteiger charge is -2.43. The van der Waals surface area contributed by atoms with Crippen LogP contribution >= 0.6 is 11.6 Å². The minimum atomic E-state index is -2.35. The fourth-order valence-corrected chi connectivity index (χ4v) is 2.21. The first-order valence-corrected chi connectivity index (χ1v) is 6.09. The number of carbonyl (C=O) groups is 1. The van der Waals surface area contributed by atoms with Gasteiger partial charge in [0.1, 0.15) is 6.10 Å². The summed E-state index contributed by atoms with van der Waals surface area (Å²) in [5, 5.41) is 26.2. The van der Waals surface area contributed by atoms with Gasteiger partial charge < -0.3 is 20.1 Å². The molecule has 0 aliphatic heterocycles. The highest BCUT2D eigenvalue weighted by molar-refractivity contribution is 6.26. The number of hydrogen-bond acceptors (Lipinski definition) is 5. The monoisotopic (exact) mass is 268 g/mol. The van der Waals surface area contributed by atoms with Crippen molar-refractivity contribution >= 4 is 17.4 Å². The van der Waals surface area contributed by atoms with Gasteiger partial charge in [-0.25, -0.2) is 0 Å². The Kier molecular flexibility index (Phi) is 6.58. The molecule has 0 aromatic rings. The molecular weight excluding hydrogens is 248 g/mol. The molecule has 0 heterocycles. The maximum absolute atomic E-state index is 12.0. The molecule has 0 aromatic carbocycles. The van der Waals surface area contributed by atoms with Crippen molar-refractivity contribution in [2.75, 3.05) is 13.2 Å². The Morgan fingerprint density at radius 2 is 1.94 bits per heavy atom. The third-order valence-electron chi connectivity index (χ3n) is 2.84. The molecule has 0 fully saturated rings. The molecule has 3 atom stereocenters. The fraction of sp³-hybridized carbons (Fsp3) is 0.909. The van der Waals surface area contributed by atoms with E-state index in [-0.39, 0.29) is 19.4 Å². The zero-order valence-electron chi connectivity index (χ0n) is 10.4. The number of alkyl halides is 1. The number of aliphatic hydroxyl groups excluding tert-OH is 2. The lowest BCUT2D eigenvalue weighted by atomic mass is 9.83. The number of Topliss-reactive ketones (excluding diaryl/α,β-unsaturated/α-hetero) is 1. The zero-order valence-corrected chi connectivity index (χ0v) is 11.2. The summed E-state index contributed by atoms with van der Waals surface area (Å²) >= 11 is 5.86. The predicted octanol–water partition coefficient (Wildman–Crippen LogP) is 0.431. The molecule has 6 heteroatoms. The van der Waals surface area contributed by atoms with Crippen LogP contribution in [0.3, 0.4) is 0 Å². The van der Waals surface area contributed by atoms with Crippen LogP contribution in [0.2, 0.25) is 0 Å². The first-order chi connectivity index (χ1) is 7.83. The van der Waals surface area contributed by atoms with E-state index in [1.807, 2.05) is 0 Å². The van der Waals surface area contributed by atoms with Crippen LogP contribution in [0.15, 0.2) is 0 Å². The molecule has 0 bridgehead atoms. The van der Waals surface area contributed by atoms with Crippen LogP contribution < -0.4 is 0 Å². The summed E-state index contributed by atoms with van der Waals surface area (Å²) in [5.74, 6) is -0.410. The van der Waals surface area contributed by atoms with Crippen LogP contribution in [-0.4, -0.2) is 51.1 Å². The molecule has 102 valence electrons. The number of hydrogen-bond donors (Lipinski definition) is 3. The van der Waals surface area contributed by atoms with Gasteiger partial charge in [-0.1, -0.05) is 25.4 Å². The summed E-state index contributed by atoms with van der Waals surface area (Å²) in [5.41, 5.74) is -1.71. The number of aliphatic hydroxyl groups is 3. The van der Waals surface area contributed by atoms with Crippen LogP contribution in [0.1, 0.15) is 33.6 Å². The first kappa shape index (κ1) is 16.8. The van der Waals surface area contributed by atoms with Gasteiger partial charge in [0.05, 0.1) is 6.61 Å². The Hall–Kier alpha value is -0.200. The predicted molar refractivity (Wildman–Crippen MR) is 63.8 cm³/mol. The Bertz CT molecular complexity index is 256. The summed E-state index contributed by atoms with van der Waals surface area (Å²) in [4.78, 5) is 12.0. The maximum atomic E-state index is 12.0. The summed E-state index contributed by atoms with van der Waals surface area (Å²) in [6.07, 6.45) is -1.45. The van der Waals surface area contributed by atoms with E-state index in [0.29, 0.717) is 0 Å². The number of halogens is 1. The third-order valence-corrected chi connectivity index (χ3v) is 3.40. The molecule has 0 amide bonds. The van der Waals surface area contributed by atoms with E-state index in [1.165, 1.54) is 0 Å². The summed E-state index contributed by atoms with van der Waals surface area (Å²) in [7, 11) is 0. The van der Waals surface area contributed by atoms with E-state index >= 15 is 0 Å². The molecule has 5 nitrogen and oxygen atoms in total. The number of rotatable bonds is 8. The van der Waals surface area contributed by atoms with Crippen molar-refractivity contribution in [2.45, 2.75) is 50.4 Å². The topological polar surface area (TPSA) is 87.0 Å². The SMILES string of the molecule is CCO[C@@](CC)(C(=O)CC)[C@@](O)(Cl)C(O)CO. The van der Waals surface area contributed by atoms with Crippen LogP contribution in [0.25, 0.3) is 0 Å². The largest absolute Gasteiger partial charge is 0.394 e. The van der Waals surface area contributed by atoms with E-state index in [1.54, 1.807) is 20.8 Å². The third kappa shape index (κ3) is 2.98. The van der Waals surface area contributed by atoms with Gasteiger partial charge in [0, 0.05) is 13.0 Å². The Morgan fingerprint density at radius 3 is 2.24 bits per heavy atom. The summed E-state index contributed by atoms with van der Waals surface area (Å²) in [6.45, 7) is 4.30. The molecular formula is C11H21ClO5. The molecule has 0 radical (unpaired) electrons.